The summed E-state index contributed by atoms with van der Waals surface area (Å²) in [4.78, 5) is 0. The van der Waals surface area contributed by atoms with Crippen molar-refractivity contribution >= 4 is 23.0 Å². The van der Waals surface area contributed by atoms with Gasteiger partial charge in [-0.15, -0.1) is 0 Å². The van der Waals surface area contributed by atoms with Gasteiger partial charge in [0, 0.05) is 5.71 Å². The summed E-state index contributed by atoms with van der Waals surface area (Å²) in [5, 5.41) is 4.36. The van der Waals surface area contributed by atoms with Crippen LogP contribution in [0, 0.1) is 5.92 Å². The van der Waals surface area contributed by atoms with Crippen LogP contribution in [0.3, 0.4) is 0 Å². The molecule has 0 spiro atoms. The third kappa shape index (κ3) is 6.51. The molecule has 1 atom stereocenters. The summed E-state index contributed by atoms with van der Waals surface area (Å²) in [7, 11) is 0. The maximum atomic E-state index is 5.27. The Labute approximate surface area is 85.8 Å². The molecule has 76 valence electrons. The average molecular weight is 201 g/mol. The van der Waals surface area contributed by atoms with E-state index in [0.29, 0.717) is 5.92 Å². The Hall–Kier alpha value is -0.640. The van der Waals surface area contributed by atoms with Crippen molar-refractivity contribution < 1.29 is 0 Å². The second kappa shape index (κ2) is 6.83. The zero-order valence-corrected chi connectivity index (χ0v) is 9.45. The highest BCUT2D eigenvalue weighted by Crippen LogP contribution is 2.08. The number of hydrazone groups is 1. The van der Waals surface area contributed by atoms with Gasteiger partial charge in [0.2, 0.25) is 0 Å². The number of nitrogens with one attached hydrogen (secondary N) is 1. The first-order valence-corrected chi connectivity index (χ1v) is 5.11. The summed E-state index contributed by atoms with van der Waals surface area (Å²) in [5.41, 5.74) is 9.02. The van der Waals surface area contributed by atoms with Crippen LogP contribution in [0.1, 0.15) is 40.0 Å². The van der Waals surface area contributed by atoms with Crippen molar-refractivity contribution in [2.45, 2.75) is 40.0 Å². The van der Waals surface area contributed by atoms with Gasteiger partial charge in [0.25, 0.3) is 0 Å². The van der Waals surface area contributed by atoms with Crippen LogP contribution in [0.4, 0.5) is 0 Å². The average Bonchev–Trinajstić information content (AvgIpc) is 2.11. The maximum Gasteiger partial charge on any atom is 0.184 e. The quantitative estimate of drug-likeness (QED) is 0.406. The van der Waals surface area contributed by atoms with E-state index in [1.807, 2.05) is 0 Å². The van der Waals surface area contributed by atoms with E-state index < -0.39 is 0 Å². The molecule has 1 unspecified atom stereocenters. The number of nitrogens with two attached hydrogens (primary N) is 1. The molecule has 0 aliphatic heterocycles. The van der Waals surface area contributed by atoms with Gasteiger partial charge in [-0.1, -0.05) is 27.2 Å². The SMILES string of the molecule is CCC(CC(C)CC)=NNC(N)=S. The van der Waals surface area contributed by atoms with Gasteiger partial charge in [-0.2, -0.15) is 5.10 Å². The van der Waals surface area contributed by atoms with Crippen molar-refractivity contribution in [1.82, 2.24) is 5.43 Å². The third-order valence-corrected chi connectivity index (χ3v) is 2.10. The summed E-state index contributed by atoms with van der Waals surface area (Å²) in [6.45, 7) is 6.48. The molecule has 3 N–H and O–H groups in total. The molecule has 0 saturated heterocycles. The zero-order chi connectivity index (χ0) is 10.3. The lowest BCUT2D eigenvalue weighted by atomic mass is 10.0. The van der Waals surface area contributed by atoms with Crippen molar-refractivity contribution in [2.75, 3.05) is 0 Å². The van der Waals surface area contributed by atoms with E-state index >= 15 is 0 Å². The van der Waals surface area contributed by atoms with E-state index in [-0.39, 0.29) is 5.11 Å². The Morgan fingerprint density at radius 2 is 2.15 bits per heavy atom. The van der Waals surface area contributed by atoms with Crippen LogP contribution in [0.2, 0.25) is 0 Å². The Morgan fingerprint density at radius 1 is 1.54 bits per heavy atom. The van der Waals surface area contributed by atoms with E-state index in [1.54, 1.807) is 0 Å². The van der Waals surface area contributed by atoms with Gasteiger partial charge in [0.1, 0.15) is 0 Å². The van der Waals surface area contributed by atoms with E-state index in [9.17, 15) is 0 Å². The van der Waals surface area contributed by atoms with Crippen LogP contribution < -0.4 is 11.2 Å². The molecule has 0 aliphatic rings. The van der Waals surface area contributed by atoms with Crippen molar-refractivity contribution in [1.29, 1.82) is 0 Å². The molecule has 0 aliphatic carbocycles. The number of hydrogen-bond acceptors (Lipinski definition) is 2. The Bertz CT molecular complexity index is 189. The predicted molar refractivity (Wildman–Crippen MR) is 61.7 cm³/mol. The first-order chi connectivity index (χ1) is 6.10. The van der Waals surface area contributed by atoms with Gasteiger partial charge in [0.15, 0.2) is 5.11 Å². The van der Waals surface area contributed by atoms with Gasteiger partial charge < -0.3 is 5.73 Å². The summed E-state index contributed by atoms with van der Waals surface area (Å²) in [5.74, 6) is 0.673. The topological polar surface area (TPSA) is 50.4 Å². The Kier molecular flexibility index (Phi) is 6.49. The molecule has 0 aromatic rings. The number of hydrogen-bond donors (Lipinski definition) is 2. The van der Waals surface area contributed by atoms with Crippen LogP contribution in [-0.4, -0.2) is 10.8 Å². The number of thiocarbonyl (C=S) groups is 1. The molecule has 0 heterocycles. The highest BCUT2D eigenvalue weighted by atomic mass is 32.1. The largest absolute Gasteiger partial charge is 0.375 e. The molecular formula is C9H19N3S. The van der Waals surface area contributed by atoms with Gasteiger partial charge >= 0.3 is 0 Å². The monoisotopic (exact) mass is 201 g/mol. The van der Waals surface area contributed by atoms with Crippen molar-refractivity contribution in [3.63, 3.8) is 0 Å². The van der Waals surface area contributed by atoms with E-state index in [2.05, 4.69) is 43.5 Å². The fourth-order valence-electron chi connectivity index (χ4n) is 0.950. The molecule has 0 aromatic carbocycles. The molecule has 0 saturated carbocycles. The fraction of sp³-hybridized carbons (Fsp3) is 0.778. The summed E-state index contributed by atoms with van der Waals surface area (Å²) in [6, 6.07) is 0. The van der Waals surface area contributed by atoms with Crippen LogP contribution in [0.25, 0.3) is 0 Å². The smallest absolute Gasteiger partial charge is 0.184 e. The Morgan fingerprint density at radius 3 is 2.54 bits per heavy atom. The lowest BCUT2D eigenvalue weighted by molar-refractivity contribution is 0.582. The molecule has 0 rings (SSSR count). The van der Waals surface area contributed by atoms with Crippen LogP contribution >= 0.6 is 12.2 Å². The van der Waals surface area contributed by atoms with E-state index in [0.717, 1.165) is 18.6 Å². The molecule has 0 aromatic heterocycles. The predicted octanol–water partition coefficient (Wildman–Crippen LogP) is 2.02. The zero-order valence-electron chi connectivity index (χ0n) is 8.63. The van der Waals surface area contributed by atoms with Crippen molar-refractivity contribution in [3.05, 3.63) is 0 Å². The van der Waals surface area contributed by atoms with Crippen LogP contribution in [-0.2, 0) is 0 Å². The first-order valence-electron chi connectivity index (χ1n) is 4.71. The van der Waals surface area contributed by atoms with Crippen molar-refractivity contribution in [3.8, 4) is 0 Å². The van der Waals surface area contributed by atoms with E-state index in [1.165, 1.54) is 6.42 Å². The minimum atomic E-state index is 0.232. The normalized spacial score (nSPS) is 13.9. The van der Waals surface area contributed by atoms with Gasteiger partial charge in [-0.25, -0.2) is 0 Å². The van der Waals surface area contributed by atoms with Gasteiger partial charge in [-0.3, -0.25) is 5.43 Å². The standard InChI is InChI=1S/C9H19N3S/c1-4-7(3)6-8(5-2)11-12-9(10)13/h7H,4-6H2,1-3H3,(H3,10,12,13). The summed E-state index contributed by atoms with van der Waals surface area (Å²) in [6.07, 6.45) is 3.13. The van der Waals surface area contributed by atoms with Crippen LogP contribution in [0.15, 0.2) is 5.10 Å². The molecule has 3 nitrogen and oxygen atoms in total. The lowest BCUT2D eigenvalue weighted by Gasteiger charge is -2.09. The van der Waals surface area contributed by atoms with E-state index in [4.69, 9.17) is 5.73 Å². The maximum absolute atomic E-state index is 5.27. The highest BCUT2D eigenvalue weighted by molar-refractivity contribution is 7.80. The molecule has 4 heteroatoms. The number of nitrogens with zero attached hydrogens (tertiary/aromatic N) is 1. The first kappa shape index (κ1) is 12.4. The second-order valence-electron chi connectivity index (χ2n) is 3.23. The summed E-state index contributed by atoms with van der Waals surface area (Å²) >= 11 is 4.66. The molecule has 0 amide bonds. The molecule has 13 heavy (non-hydrogen) atoms. The molecule has 0 fully saturated rings. The van der Waals surface area contributed by atoms with Crippen LogP contribution in [0.5, 0.6) is 0 Å². The van der Waals surface area contributed by atoms with Gasteiger partial charge in [0.05, 0.1) is 0 Å². The second-order valence-corrected chi connectivity index (χ2v) is 3.67. The molecular weight excluding hydrogens is 182 g/mol. The Balaban J connectivity index is 4.00. The highest BCUT2D eigenvalue weighted by Gasteiger charge is 2.03. The molecule has 0 radical (unpaired) electrons. The minimum absolute atomic E-state index is 0.232. The molecule has 0 bridgehead atoms. The van der Waals surface area contributed by atoms with Gasteiger partial charge in [-0.05, 0) is 31.0 Å². The third-order valence-electron chi connectivity index (χ3n) is 2.01. The minimum Gasteiger partial charge on any atom is -0.375 e. The lowest BCUT2D eigenvalue weighted by Crippen LogP contribution is -2.25. The summed E-state index contributed by atoms with van der Waals surface area (Å²) < 4.78 is 0. The number of rotatable bonds is 5. The van der Waals surface area contributed by atoms with Crippen molar-refractivity contribution in [2.24, 2.45) is 16.8 Å². The fourth-order valence-corrected chi connectivity index (χ4v) is 0.995.